The first-order valence-electron chi connectivity index (χ1n) is 11.2. The molecule has 174 valence electrons. The highest BCUT2D eigenvalue weighted by Crippen LogP contribution is 2.35. The number of fused-ring (bicyclic) bond motifs is 1. The zero-order valence-electron chi connectivity index (χ0n) is 18.5. The van der Waals surface area contributed by atoms with E-state index in [-0.39, 0.29) is 11.7 Å². The summed E-state index contributed by atoms with van der Waals surface area (Å²) in [4.78, 5) is 18.8. The van der Waals surface area contributed by atoms with Gasteiger partial charge in [0.15, 0.2) is 5.76 Å². The maximum atomic E-state index is 14.7. The van der Waals surface area contributed by atoms with Crippen LogP contribution in [0.3, 0.4) is 0 Å². The molecule has 0 saturated heterocycles. The topological polar surface area (TPSA) is 63.3 Å². The number of nitrogens with zero attached hydrogens (tertiary/aromatic N) is 3. The maximum absolute atomic E-state index is 14.7. The van der Waals surface area contributed by atoms with E-state index in [1.165, 1.54) is 12.1 Å². The maximum Gasteiger partial charge on any atom is 0.287 e. The fourth-order valence-corrected chi connectivity index (χ4v) is 4.40. The Morgan fingerprint density at radius 3 is 2.82 bits per heavy atom. The van der Waals surface area contributed by atoms with Crippen LogP contribution in [0, 0.1) is 11.6 Å². The SMILES string of the molecule is O=C(NCCc1ccccn1)c1ccc(CN2CCn3cccc3C2c2ccc(F)cc2F)o1. The molecule has 4 heterocycles. The molecule has 0 fully saturated rings. The zero-order chi connectivity index (χ0) is 23.5. The summed E-state index contributed by atoms with van der Waals surface area (Å²) in [6.07, 6.45) is 4.30. The second-order valence-corrected chi connectivity index (χ2v) is 8.26. The molecule has 1 aliphatic heterocycles. The van der Waals surface area contributed by atoms with Gasteiger partial charge in [-0.05, 0) is 42.5 Å². The normalized spacial score (nSPS) is 15.8. The second-order valence-electron chi connectivity index (χ2n) is 8.26. The van der Waals surface area contributed by atoms with E-state index in [1.807, 2.05) is 36.5 Å². The number of hydrogen-bond donors (Lipinski definition) is 1. The number of carbonyl (C=O) groups is 1. The molecule has 6 nitrogen and oxygen atoms in total. The highest BCUT2D eigenvalue weighted by atomic mass is 19.1. The number of furan rings is 1. The molecule has 1 atom stereocenters. The van der Waals surface area contributed by atoms with Crippen LogP contribution in [0.25, 0.3) is 0 Å². The molecule has 1 aromatic carbocycles. The molecule has 1 amide bonds. The lowest BCUT2D eigenvalue weighted by molar-refractivity contribution is 0.0919. The van der Waals surface area contributed by atoms with E-state index in [0.29, 0.717) is 37.4 Å². The van der Waals surface area contributed by atoms with Crippen LogP contribution in [0.1, 0.15) is 39.3 Å². The molecule has 0 bridgehead atoms. The third-order valence-corrected chi connectivity index (χ3v) is 6.03. The molecule has 1 N–H and O–H groups in total. The third-order valence-electron chi connectivity index (χ3n) is 6.03. The van der Waals surface area contributed by atoms with E-state index >= 15 is 0 Å². The van der Waals surface area contributed by atoms with Crippen molar-refractivity contribution in [2.45, 2.75) is 25.6 Å². The average molecular weight is 463 g/mol. The summed E-state index contributed by atoms with van der Waals surface area (Å²) < 4.78 is 36.2. The Morgan fingerprint density at radius 2 is 2.00 bits per heavy atom. The predicted molar refractivity (Wildman–Crippen MR) is 122 cm³/mol. The Hall–Kier alpha value is -3.78. The molecule has 0 spiro atoms. The first-order valence-corrected chi connectivity index (χ1v) is 11.2. The smallest absolute Gasteiger partial charge is 0.287 e. The van der Waals surface area contributed by atoms with Crippen molar-refractivity contribution in [3.63, 3.8) is 0 Å². The van der Waals surface area contributed by atoms with Crippen LogP contribution in [0.5, 0.6) is 0 Å². The number of aromatic nitrogens is 2. The molecule has 3 aromatic heterocycles. The number of halogens is 2. The average Bonchev–Trinajstić information content (AvgIpc) is 3.50. The lowest BCUT2D eigenvalue weighted by atomic mass is 9.99. The second kappa shape index (κ2) is 9.61. The summed E-state index contributed by atoms with van der Waals surface area (Å²) in [7, 11) is 0. The van der Waals surface area contributed by atoms with Gasteiger partial charge < -0.3 is 14.3 Å². The van der Waals surface area contributed by atoms with Gasteiger partial charge in [-0.15, -0.1) is 0 Å². The van der Waals surface area contributed by atoms with Gasteiger partial charge in [0.2, 0.25) is 0 Å². The number of carbonyl (C=O) groups excluding carboxylic acids is 1. The van der Waals surface area contributed by atoms with Crippen molar-refractivity contribution < 1.29 is 18.0 Å². The minimum Gasteiger partial charge on any atom is -0.455 e. The number of amides is 1. The quantitative estimate of drug-likeness (QED) is 0.444. The first kappa shape index (κ1) is 22.0. The lowest BCUT2D eigenvalue weighted by Gasteiger charge is -2.37. The Bertz CT molecular complexity index is 1280. The van der Waals surface area contributed by atoms with Crippen molar-refractivity contribution in [2.24, 2.45) is 0 Å². The predicted octanol–water partition coefficient (Wildman–Crippen LogP) is 4.33. The highest BCUT2D eigenvalue weighted by molar-refractivity contribution is 5.91. The van der Waals surface area contributed by atoms with E-state index in [1.54, 1.807) is 18.3 Å². The zero-order valence-corrected chi connectivity index (χ0v) is 18.5. The molecule has 0 saturated carbocycles. The van der Waals surface area contributed by atoms with Gasteiger partial charge in [-0.3, -0.25) is 14.7 Å². The van der Waals surface area contributed by atoms with Crippen LogP contribution in [-0.4, -0.2) is 33.4 Å². The largest absolute Gasteiger partial charge is 0.455 e. The Morgan fingerprint density at radius 1 is 1.09 bits per heavy atom. The molecule has 4 aromatic rings. The summed E-state index contributed by atoms with van der Waals surface area (Å²) >= 11 is 0. The molecule has 8 heteroatoms. The van der Waals surface area contributed by atoms with Crippen molar-refractivity contribution in [2.75, 3.05) is 13.1 Å². The number of benzene rings is 1. The molecule has 0 aliphatic carbocycles. The van der Waals surface area contributed by atoms with Gasteiger partial charge in [-0.2, -0.15) is 0 Å². The van der Waals surface area contributed by atoms with Crippen LogP contribution < -0.4 is 5.32 Å². The van der Waals surface area contributed by atoms with Gasteiger partial charge >= 0.3 is 0 Å². The van der Waals surface area contributed by atoms with Crippen LogP contribution in [0.15, 0.2) is 77.5 Å². The van der Waals surface area contributed by atoms with Crippen molar-refractivity contribution in [1.82, 2.24) is 19.8 Å². The molecular weight excluding hydrogens is 438 g/mol. The van der Waals surface area contributed by atoms with Crippen molar-refractivity contribution in [3.8, 4) is 0 Å². The van der Waals surface area contributed by atoms with Gasteiger partial charge in [-0.1, -0.05) is 12.1 Å². The van der Waals surface area contributed by atoms with Gasteiger partial charge in [-0.25, -0.2) is 8.78 Å². The Labute approximate surface area is 195 Å². The van der Waals surface area contributed by atoms with Crippen LogP contribution in [-0.2, 0) is 19.5 Å². The standard InChI is InChI=1S/C26H24F2N4O2/c27-18-6-8-21(22(28)16-18)25-23-5-3-13-31(23)14-15-32(25)17-20-7-9-24(34-20)26(33)30-12-10-19-4-1-2-11-29-19/h1-9,11,13,16,25H,10,12,14-15,17H2,(H,30,33). The van der Waals surface area contributed by atoms with Gasteiger partial charge in [0.05, 0.1) is 12.6 Å². The molecular formula is C26H24F2N4O2. The molecule has 1 aliphatic rings. The fraction of sp³-hybridized carbons (Fsp3) is 0.231. The summed E-state index contributed by atoms with van der Waals surface area (Å²) in [5.74, 6) is -0.667. The summed E-state index contributed by atoms with van der Waals surface area (Å²) in [6.45, 7) is 2.22. The summed E-state index contributed by atoms with van der Waals surface area (Å²) in [5.41, 5.74) is 2.23. The monoisotopic (exact) mass is 462 g/mol. The molecule has 0 radical (unpaired) electrons. The molecule has 5 rings (SSSR count). The Kier molecular flexibility index (Phi) is 6.22. The lowest BCUT2D eigenvalue weighted by Crippen LogP contribution is -2.38. The number of hydrogen-bond acceptors (Lipinski definition) is 4. The van der Waals surface area contributed by atoms with Crippen molar-refractivity contribution in [1.29, 1.82) is 0 Å². The van der Waals surface area contributed by atoms with E-state index in [0.717, 1.165) is 24.0 Å². The van der Waals surface area contributed by atoms with Crippen LogP contribution in [0.4, 0.5) is 8.78 Å². The van der Waals surface area contributed by atoms with E-state index in [2.05, 4.69) is 19.8 Å². The van der Waals surface area contributed by atoms with E-state index < -0.39 is 17.7 Å². The third kappa shape index (κ3) is 4.63. The van der Waals surface area contributed by atoms with Crippen molar-refractivity contribution >= 4 is 5.91 Å². The first-order chi connectivity index (χ1) is 16.6. The van der Waals surface area contributed by atoms with Crippen molar-refractivity contribution in [3.05, 3.63) is 113 Å². The minimum absolute atomic E-state index is 0.223. The molecule has 34 heavy (non-hydrogen) atoms. The van der Waals surface area contributed by atoms with E-state index in [9.17, 15) is 13.6 Å². The van der Waals surface area contributed by atoms with Gasteiger partial charge in [0, 0.05) is 61.5 Å². The number of rotatable bonds is 7. The number of nitrogens with one attached hydrogen (secondary N) is 1. The molecule has 1 unspecified atom stereocenters. The Balaban J connectivity index is 1.29. The fourth-order valence-electron chi connectivity index (χ4n) is 4.40. The number of pyridine rings is 1. The van der Waals surface area contributed by atoms with Gasteiger partial charge in [0.1, 0.15) is 17.4 Å². The minimum atomic E-state index is -0.608. The van der Waals surface area contributed by atoms with Crippen LogP contribution >= 0.6 is 0 Å². The highest BCUT2D eigenvalue weighted by Gasteiger charge is 2.31. The van der Waals surface area contributed by atoms with Crippen LogP contribution in [0.2, 0.25) is 0 Å². The summed E-state index contributed by atoms with van der Waals surface area (Å²) in [6, 6.07) is 16.2. The van der Waals surface area contributed by atoms with Gasteiger partial charge in [0.25, 0.3) is 5.91 Å². The summed E-state index contributed by atoms with van der Waals surface area (Å²) in [5, 5.41) is 2.85. The van der Waals surface area contributed by atoms with E-state index in [4.69, 9.17) is 4.42 Å².